The predicted molar refractivity (Wildman–Crippen MR) is 167 cm³/mol. The maximum atomic E-state index is 14.1. The number of hydrogen-bond donors (Lipinski definition) is 4. The van der Waals surface area contributed by atoms with Crippen molar-refractivity contribution in [1.82, 2.24) is 20.6 Å². The van der Waals surface area contributed by atoms with Crippen LogP contribution in [-0.4, -0.2) is 46.6 Å². The zero-order valence-corrected chi connectivity index (χ0v) is 24.7. The molecule has 1 atom stereocenters. The monoisotopic (exact) mass is 581 g/mol. The Kier molecular flexibility index (Phi) is 9.09. The van der Waals surface area contributed by atoms with Gasteiger partial charge in [-0.2, -0.15) is 0 Å². The van der Waals surface area contributed by atoms with Crippen molar-refractivity contribution in [1.29, 1.82) is 0 Å². The molecule has 0 aliphatic heterocycles. The van der Waals surface area contributed by atoms with Crippen LogP contribution in [0, 0.1) is 0 Å². The number of aromatic nitrogens is 2. The number of ether oxygens (including phenoxy) is 1. The van der Waals surface area contributed by atoms with Gasteiger partial charge in [0.15, 0.2) is 0 Å². The number of pyridine rings is 1. The average Bonchev–Trinajstić information content (AvgIpc) is 3.43. The zero-order valence-electron chi connectivity index (χ0n) is 24.7. The molecule has 2 aromatic carbocycles. The molecule has 9 nitrogen and oxygen atoms in total. The lowest BCUT2D eigenvalue weighted by atomic mass is 9.71. The van der Waals surface area contributed by atoms with Crippen molar-refractivity contribution >= 4 is 34.5 Å². The van der Waals surface area contributed by atoms with Gasteiger partial charge in [-0.1, -0.05) is 43.5 Å². The smallest absolute Gasteiger partial charge is 0.338 e. The Balaban J connectivity index is 1.36. The van der Waals surface area contributed by atoms with Crippen LogP contribution in [0.5, 0.6) is 0 Å². The number of rotatable bonds is 10. The highest BCUT2D eigenvalue weighted by Gasteiger charge is 2.40. The van der Waals surface area contributed by atoms with Crippen LogP contribution in [0.1, 0.15) is 67.6 Å². The van der Waals surface area contributed by atoms with E-state index in [1.807, 2.05) is 48.7 Å². The molecule has 0 spiro atoms. The summed E-state index contributed by atoms with van der Waals surface area (Å²) >= 11 is 0. The second-order valence-corrected chi connectivity index (χ2v) is 11.5. The van der Waals surface area contributed by atoms with E-state index in [9.17, 15) is 14.4 Å². The van der Waals surface area contributed by atoms with Crippen LogP contribution in [-0.2, 0) is 21.4 Å². The second kappa shape index (κ2) is 13.1. The highest BCUT2D eigenvalue weighted by Crippen LogP contribution is 2.38. The van der Waals surface area contributed by atoms with Gasteiger partial charge in [0.1, 0.15) is 5.54 Å². The second-order valence-electron chi connectivity index (χ2n) is 11.5. The van der Waals surface area contributed by atoms with Gasteiger partial charge in [-0.05, 0) is 74.7 Å². The fourth-order valence-corrected chi connectivity index (χ4v) is 6.03. The molecule has 3 amide bonds. The summed E-state index contributed by atoms with van der Waals surface area (Å²) in [5, 5.41) is 9.97. The number of nitrogens with one attached hydrogen (secondary N) is 4. The molecular weight excluding hydrogens is 542 g/mol. The van der Waals surface area contributed by atoms with Crippen molar-refractivity contribution in [2.24, 2.45) is 0 Å². The van der Waals surface area contributed by atoms with E-state index >= 15 is 0 Å². The van der Waals surface area contributed by atoms with Crippen LogP contribution in [0.15, 0.2) is 79.1 Å². The first-order valence-electron chi connectivity index (χ1n) is 14.9. The fraction of sp³-hybridized carbons (Fsp3) is 0.353. The molecule has 2 heterocycles. The first kappa shape index (κ1) is 29.8. The van der Waals surface area contributed by atoms with Crippen molar-refractivity contribution in [3.63, 3.8) is 0 Å². The number of benzene rings is 2. The summed E-state index contributed by atoms with van der Waals surface area (Å²) in [5.41, 5.74) is 2.22. The van der Waals surface area contributed by atoms with Crippen molar-refractivity contribution in [3.8, 4) is 0 Å². The molecular formula is C34H39N5O4. The van der Waals surface area contributed by atoms with Gasteiger partial charge in [0.05, 0.1) is 12.2 Å². The lowest BCUT2D eigenvalue weighted by Gasteiger charge is -2.38. The molecule has 2 aromatic heterocycles. The zero-order chi connectivity index (χ0) is 30.3. The van der Waals surface area contributed by atoms with E-state index < -0.39 is 17.5 Å². The molecule has 4 N–H and O–H groups in total. The van der Waals surface area contributed by atoms with Crippen LogP contribution in [0.3, 0.4) is 0 Å². The summed E-state index contributed by atoms with van der Waals surface area (Å²) in [6, 6.07) is 19.7. The van der Waals surface area contributed by atoms with Gasteiger partial charge in [0.2, 0.25) is 5.91 Å². The highest BCUT2D eigenvalue weighted by atomic mass is 16.5. The van der Waals surface area contributed by atoms with E-state index in [2.05, 4.69) is 25.9 Å². The summed E-state index contributed by atoms with van der Waals surface area (Å²) in [7, 11) is 0. The molecule has 0 bridgehead atoms. The average molecular weight is 582 g/mol. The molecule has 4 aromatic rings. The first-order chi connectivity index (χ1) is 20.8. The lowest BCUT2D eigenvalue weighted by molar-refractivity contribution is -0.127. The number of nitrogens with zero attached hydrogens (tertiary/aromatic N) is 1. The standard InChI is InChI=1S/C34H39N5O4/c1-3-43-30(40)24-14-16-26(17-15-24)38-32(42)39-33(2,21-25-22-36-28-12-6-5-11-27(25)28)31(41)37-23-34(18-8-4-9-19-34)29-13-7-10-20-35-29/h5-7,10-17,20,22,36H,3-4,8-9,18-19,21,23H2,1-2H3,(H,37,41)(H2,38,39,42). The Bertz CT molecular complexity index is 1560. The van der Waals surface area contributed by atoms with Crippen molar-refractivity contribution in [2.75, 3.05) is 18.5 Å². The number of amides is 3. The van der Waals surface area contributed by atoms with Crippen LogP contribution >= 0.6 is 0 Å². The molecule has 0 saturated heterocycles. The van der Waals surface area contributed by atoms with Crippen LogP contribution in [0.4, 0.5) is 10.5 Å². The van der Waals surface area contributed by atoms with Gasteiger partial charge < -0.3 is 25.7 Å². The third kappa shape index (κ3) is 6.88. The number of urea groups is 1. The molecule has 43 heavy (non-hydrogen) atoms. The number of para-hydroxylation sites is 1. The van der Waals surface area contributed by atoms with E-state index in [0.717, 1.165) is 47.8 Å². The van der Waals surface area contributed by atoms with Crippen LogP contribution < -0.4 is 16.0 Å². The van der Waals surface area contributed by atoms with E-state index in [1.54, 1.807) is 44.3 Å². The maximum Gasteiger partial charge on any atom is 0.338 e. The maximum absolute atomic E-state index is 14.1. The third-order valence-corrected chi connectivity index (χ3v) is 8.37. The highest BCUT2D eigenvalue weighted by molar-refractivity contribution is 5.97. The largest absolute Gasteiger partial charge is 0.462 e. The lowest BCUT2D eigenvalue weighted by Crippen LogP contribution is -2.60. The molecule has 5 rings (SSSR count). The summed E-state index contributed by atoms with van der Waals surface area (Å²) in [6.07, 6.45) is 9.18. The molecule has 1 saturated carbocycles. The minimum absolute atomic E-state index is 0.250. The number of fused-ring (bicyclic) bond motifs is 1. The van der Waals surface area contributed by atoms with Crippen molar-refractivity contribution in [3.05, 3.63) is 95.9 Å². The molecule has 1 unspecified atom stereocenters. The van der Waals surface area contributed by atoms with Crippen LogP contribution in [0.25, 0.3) is 10.9 Å². The number of hydrogen-bond acceptors (Lipinski definition) is 5. The van der Waals surface area contributed by atoms with E-state index in [-0.39, 0.29) is 24.3 Å². The Morgan fingerprint density at radius 2 is 1.72 bits per heavy atom. The summed E-state index contributed by atoms with van der Waals surface area (Å²) in [6.45, 7) is 4.21. The third-order valence-electron chi connectivity index (χ3n) is 8.37. The molecule has 224 valence electrons. The number of anilines is 1. The van der Waals surface area contributed by atoms with Gasteiger partial charge in [-0.3, -0.25) is 9.78 Å². The van der Waals surface area contributed by atoms with Crippen molar-refractivity contribution < 1.29 is 19.1 Å². The van der Waals surface area contributed by atoms with Gasteiger partial charge in [-0.25, -0.2) is 9.59 Å². The number of esters is 1. The Morgan fingerprint density at radius 3 is 2.44 bits per heavy atom. The van der Waals surface area contributed by atoms with Gasteiger partial charge in [-0.15, -0.1) is 0 Å². The fourth-order valence-electron chi connectivity index (χ4n) is 6.03. The first-order valence-corrected chi connectivity index (χ1v) is 14.9. The number of H-pyrrole nitrogens is 1. The number of carbonyl (C=O) groups is 3. The predicted octanol–water partition coefficient (Wildman–Crippen LogP) is 5.88. The summed E-state index contributed by atoms with van der Waals surface area (Å²) in [4.78, 5) is 47.3. The Hall–Kier alpha value is -4.66. The van der Waals surface area contributed by atoms with Gasteiger partial charge >= 0.3 is 12.0 Å². The Morgan fingerprint density at radius 1 is 0.977 bits per heavy atom. The van der Waals surface area contributed by atoms with Crippen molar-refractivity contribution in [2.45, 2.75) is 63.3 Å². The molecule has 1 fully saturated rings. The Labute approximate surface area is 251 Å². The molecule has 0 radical (unpaired) electrons. The molecule has 1 aliphatic carbocycles. The number of carbonyl (C=O) groups excluding carboxylic acids is 3. The van der Waals surface area contributed by atoms with Gasteiger partial charge in [0, 0.05) is 53.1 Å². The summed E-state index contributed by atoms with van der Waals surface area (Å²) < 4.78 is 5.03. The SMILES string of the molecule is CCOC(=O)c1ccc(NC(=O)NC(C)(Cc2c[nH]c3ccccc23)C(=O)NCC2(c3ccccn3)CCCCC2)cc1. The van der Waals surface area contributed by atoms with E-state index in [0.29, 0.717) is 17.8 Å². The van der Waals surface area contributed by atoms with E-state index in [4.69, 9.17) is 4.74 Å². The number of aromatic amines is 1. The topological polar surface area (TPSA) is 125 Å². The van der Waals surface area contributed by atoms with Crippen LogP contribution in [0.2, 0.25) is 0 Å². The summed E-state index contributed by atoms with van der Waals surface area (Å²) in [5.74, 6) is -0.700. The minimum atomic E-state index is -1.28. The molecule has 9 heteroatoms. The van der Waals surface area contributed by atoms with E-state index in [1.165, 1.54) is 6.42 Å². The normalized spacial score (nSPS) is 15.7. The molecule has 1 aliphatic rings. The quantitative estimate of drug-likeness (QED) is 0.174. The minimum Gasteiger partial charge on any atom is -0.462 e. The van der Waals surface area contributed by atoms with Gasteiger partial charge in [0.25, 0.3) is 0 Å².